The number of hydrogen-bond acceptors (Lipinski definition) is 5. The summed E-state index contributed by atoms with van der Waals surface area (Å²) in [6, 6.07) is 7.11. The maximum absolute atomic E-state index is 12.4. The van der Waals surface area contributed by atoms with Crippen LogP contribution in [0.5, 0.6) is 0 Å². The number of para-hydroxylation sites is 1. The Labute approximate surface area is 139 Å². The lowest BCUT2D eigenvalue weighted by Gasteiger charge is -2.35. The van der Waals surface area contributed by atoms with E-state index in [1.807, 2.05) is 6.07 Å². The first-order valence-corrected chi connectivity index (χ1v) is 8.11. The average Bonchev–Trinajstić information content (AvgIpc) is 2.61. The van der Waals surface area contributed by atoms with E-state index in [-0.39, 0.29) is 43.5 Å². The molecule has 1 aliphatic heterocycles. The molecule has 3 rings (SSSR count). The number of benzene rings is 1. The zero-order chi connectivity index (χ0) is 17.1. The molecule has 128 valence electrons. The zero-order valence-electron chi connectivity index (χ0n) is 13.3. The van der Waals surface area contributed by atoms with Gasteiger partial charge in [0.05, 0.1) is 23.3 Å². The van der Waals surface area contributed by atoms with E-state index in [4.69, 9.17) is 5.11 Å². The van der Waals surface area contributed by atoms with E-state index < -0.39 is 6.10 Å². The van der Waals surface area contributed by atoms with Crippen LogP contribution < -0.4 is 5.56 Å². The number of nitrogens with zero attached hydrogens (tertiary/aromatic N) is 3. The van der Waals surface area contributed by atoms with Crippen LogP contribution in [0.2, 0.25) is 0 Å². The number of carbonyl (C=O) groups excluding carboxylic acids is 1. The van der Waals surface area contributed by atoms with Crippen molar-refractivity contribution in [2.45, 2.75) is 25.5 Å². The molecule has 0 saturated carbocycles. The first-order chi connectivity index (χ1) is 11.6. The summed E-state index contributed by atoms with van der Waals surface area (Å²) in [7, 11) is 0. The molecule has 1 fully saturated rings. The van der Waals surface area contributed by atoms with Crippen molar-refractivity contribution in [2.75, 3.05) is 19.7 Å². The van der Waals surface area contributed by atoms with Crippen LogP contribution in [-0.4, -0.2) is 56.4 Å². The predicted molar refractivity (Wildman–Crippen MR) is 88.4 cm³/mol. The Bertz CT molecular complexity index is 789. The zero-order valence-corrected chi connectivity index (χ0v) is 13.3. The largest absolute Gasteiger partial charge is 0.396 e. The van der Waals surface area contributed by atoms with E-state index >= 15 is 0 Å². The van der Waals surface area contributed by atoms with Gasteiger partial charge in [0.2, 0.25) is 5.91 Å². The molecular formula is C17H21N3O4. The van der Waals surface area contributed by atoms with Gasteiger partial charge in [-0.3, -0.25) is 14.2 Å². The monoisotopic (exact) mass is 331 g/mol. The molecular weight excluding hydrogens is 310 g/mol. The number of likely N-dealkylation sites (tertiary alicyclic amines) is 1. The Morgan fingerprint density at radius 3 is 2.88 bits per heavy atom. The van der Waals surface area contributed by atoms with Gasteiger partial charge in [0.15, 0.2) is 0 Å². The lowest BCUT2D eigenvalue weighted by atomic mass is 9.94. The predicted octanol–water partition coefficient (Wildman–Crippen LogP) is -0.0117. The minimum Gasteiger partial charge on any atom is -0.396 e. The molecule has 2 heterocycles. The van der Waals surface area contributed by atoms with Crippen LogP contribution in [0.1, 0.15) is 12.8 Å². The summed E-state index contributed by atoms with van der Waals surface area (Å²) in [4.78, 5) is 30.5. The van der Waals surface area contributed by atoms with E-state index in [1.54, 1.807) is 23.1 Å². The van der Waals surface area contributed by atoms with Crippen LogP contribution in [0.4, 0.5) is 0 Å². The van der Waals surface area contributed by atoms with Crippen LogP contribution >= 0.6 is 0 Å². The SMILES string of the molecule is O=C(CCn1cnc2ccccc2c1=O)N1CC[C@H](CO)[C@@H](O)C1. The van der Waals surface area contributed by atoms with E-state index in [0.717, 1.165) is 0 Å². The van der Waals surface area contributed by atoms with E-state index in [0.29, 0.717) is 23.9 Å². The second kappa shape index (κ2) is 7.11. The molecule has 1 aromatic heterocycles. The number of aliphatic hydroxyl groups is 2. The van der Waals surface area contributed by atoms with Crippen LogP contribution in [0.25, 0.3) is 10.9 Å². The summed E-state index contributed by atoms with van der Waals surface area (Å²) in [5.74, 6) is -0.271. The molecule has 2 N–H and O–H groups in total. The first kappa shape index (κ1) is 16.6. The molecule has 0 radical (unpaired) electrons. The van der Waals surface area contributed by atoms with E-state index in [2.05, 4.69) is 4.98 Å². The number of rotatable bonds is 4. The molecule has 7 nitrogen and oxygen atoms in total. The van der Waals surface area contributed by atoms with Gasteiger partial charge in [-0.2, -0.15) is 0 Å². The second-order valence-electron chi connectivity index (χ2n) is 6.15. The number of β-amino-alcohol motifs (C(OH)–C–C–N with tert-alkyl or cyclic N) is 1. The highest BCUT2D eigenvalue weighted by Crippen LogP contribution is 2.18. The van der Waals surface area contributed by atoms with Gasteiger partial charge in [0, 0.05) is 38.6 Å². The maximum Gasteiger partial charge on any atom is 0.261 e. The normalized spacial score (nSPS) is 21.2. The van der Waals surface area contributed by atoms with Gasteiger partial charge in [-0.05, 0) is 18.6 Å². The number of aromatic nitrogens is 2. The fraction of sp³-hybridized carbons (Fsp3) is 0.471. The molecule has 1 amide bonds. The second-order valence-corrected chi connectivity index (χ2v) is 6.15. The van der Waals surface area contributed by atoms with Gasteiger partial charge in [-0.25, -0.2) is 4.98 Å². The number of fused-ring (bicyclic) bond motifs is 1. The van der Waals surface area contributed by atoms with Gasteiger partial charge in [0.1, 0.15) is 0 Å². The third-order valence-electron chi connectivity index (χ3n) is 4.61. The summed E-state index contributed by atoms with van der Waals surface area (Å²) in [6.45, 7) is 0.938. The van der Waals surface area contributed by atoms with E-state index in [9.17, 15) is 14.7 Å². The first-order valence-electron chi connectivity index (χ1n) is 8.11. The lowest BCUT2D eigenvalue weighted by Crippen LogP contribution is -2.47. The number of amides is 1. The van der Waals surface area contributed by atoms with E-state index in [1.165, 1.54) is 10.9 Å². The van der Waals surface area contributed by atoms with Crippen molar-refractivity contribution in [1.29, 1.82) is 0 Å². The van der Waals surface area contributed by atoms with Crippen molar-refractivity contribution in [1.82, 2.24) is 14.5 Å². The van der Waals surface area contributed by atoms with Crippen molar-refractivity contribution >= 4 is 16.8 Å². The number of hydrogen-bond donors (Lipinski definition) is 2. The van der Waals surface area contributed by atoms with Crippen LogP contribution in [0.15, 0.2) is 35.4 Å². The Morgan fingerprint density at radius 1 is 1.33 bits per heavy atom. The Kier molecular flexibility index (Phi) is 4.92. The highest BCUT2D eigenvalue weighted by molar-refractivity contribution is 5.77. The molecule has 7 heteroatoms. The van der Waals surface area contributed by atoms with Crippen molar-refractivity contribution in [3.8, 4) is 0 Å². The van der Waals surface area contributed by atoms with Crippen molar-refractivity contribution in [3.63, 3.8) is 0 Å². The molecule has 0 aliphatic carbocycles. The molecule has 0 unspecified atom stereocenters. The van der Waals surface area contributed by atoms with Crippen LogP contribution in [0, 0.1) is 5.92 Å². The van der Waals surface area contributed by atoms with Gasteiger partial charge in [-0.15, -0.1) is 0 Å². The molecule has 24 heavy (non-hydrogen) atoms. The summed E-state index contributed by atoms with van der Waals surface area (Å²) < 4.78 is 1.44. The summed E-state index contributed by atoms with van der Waals surface area (Å²) in [5.41, 5.74) is 0.478. The topological polar surface area (TPSA) is 95.7 Å². The number of piperidine rings is 1. The molecule has 1 aromatic carbocycles. The van der Waals surface area contributed by atoms with Gasteiger partial charge < -0.3 is 15.1 Å². The van der Waals surface area contributed by atoms with Crippen molar-refractivity contribution < 1.29 is 15.0 Å². The van der Waals surface area contributed by atoms with Gasteiger partial charge >= 0.3 is 0 Å². The van der Waals surface area contributed by atoms with Crippen LogP contribution in [-0.2, 0) is 11.3 Å². The van der Waals surface area contributed by atoms with Gasteiger partial charge in [0.25, 0.3) is 5.56 Å². The maximum atomic E-state index is 12.4. The third-order valence-corrected chi connectivity index (χ3v) is 4.61. The van der Waals surface area contributed by atoms with Crippen molar-refractivity contribution in [2.24, 2.45) is 5.92 Å². The molecule has 2 atom stereocenters. The Balaban J connectivity index is 1.65. The lowest BCUT2D eigenvalue weighted by molar-refractivity contribution is -0.136. The highest BCUT2D eigenvalue weighted by Gasteiger charge is 2.29. The molecule has 2 aromatic rings. The van der Waals surface area contributed by atoms with Gasteiger partial charge in [-0.1, -0.05) is 12.1 Å². The number of aliphatic hydroxyl groups excluding tert-OH is 2. The molecule has 0 bridgehead atoms. The molecule has 0 spiro atoms. The average molecular weight is 331 g/mol. The number of carbonyl (C=O) groups is 1. The molecule has 1 saturated heterocycles. The Morgan fingerprint density at radius 2 is 2.12 bits per heavy atom. The smallest absolute Gasteiger partial charge is 0.261 e. The Hall–Kier alpha value is -2.25. The highest BCUT2D eigenvalue weighted by atomic mass is 16.3. The quantitative estimate of drug-likeness (QED) is 0.821. The fourth-order valence-corrected chi connectivity index (χ4v) is 3.06. The number of aryl methyl sites for hydroxylation is 1. The third kappa shape index (κ3) is 3.32. The minimum absolute atomic E-state index is 0.0681. The molecule has 1 aliphatic rings. The van der Waals surface area contributed by atoms with Crippen LogP contribution in [0.3, 0.4) is 0 Å². The summed E-state index contributed by atoms with van der Waals surface area (Å²) in [5, 5.41) is 19.6. The van der Waals surface area contributed by atoms with Crippen molar-refractivity contribution in [3.05, 3.63) is 40.9 Å². The standard InChI is InChI=1S/C17H21N3O4/c21-10-12-5-7-19(9-15(12)22)16(23)6-8-20-11-18-14-4-2-1-3-13(14)17(20)24/h1-4,11-12,15,21-22H,5-10H2/t12-,15+/m1/s1. The fourth-order valence-electron chi connectivity index (χ4n) is 3.06. The minimum atomic E-state index is -0.697. The summed E-state index contributed by atoms with van der Waals surface area (Å²) in [6.07, 6.45) is 1.53. The summed E-state index contributed by atoms with van der Waals surface area (Å²) >= 11 is 0.